The molecule has 0 radical (unpaired) electrons. The van der Waals surface area contributed by atoms with Gasteiger partial charge in [0.1, 0.15) is 12.3 Å². The number of rotatable bonds is 9. The minimum Gasteiger partial charge on any atom is -0.497 e. The minimum atomic E-state index is -0.369. The van der Waals surface area contributed by atoms with Gasteiger partial charge < -0.3 is 9.64 Å². The third-order valence-electron chi connectivity index (χ3n) is 5.63. The van der Waals surface area contributed by atoms with Crippen LogP contribution in [0.5, 0.6) is 5.75 Å². The van der Waals surface area contributed by atoms with E-state index in [0.29, 0.717) is 17.3 Å². The van der Waals surface area contributed by atoms with Crippen molar-refractivity contribution in [2.45, 2.75) is 6.92 Å². The summed E-state index contributed by atoms with van der Waals surface area (Å²) < 4.78 is 7.06. The monoisotopic (exact) mass is 480 g/mol. The van der Waals surface area contributed by atoms with E-state index in [1.54, 1.807) is 37.5 Å². The summed E-state index contributed by atoms with van der Waals surface area (Å²) >= 11 is 0. The van der Waals surface area contributed by atoms with Gasteiger partial charge in [-0.1, -0.05) is 60.2 Å². The number of benzene rings is 3. The van der Waals surface area contributed by atoms with Gasteiger partial charge in [-0.25, -0.2) is 4.98 Å². The molecule has 0 saturated carbocycles. The van der Waals surface area contributed by atoms with Crippen molar-refractivity contribution in [2.75, 3.05) is 25.5 Å². The summed E-state index contributed by atoms with van der Waals surface area (Å²) in [5.41, 5.74) is 4.07. The minimum absolute atomic E-state index is 0.163. The molecule has 0 aliphatic rings. The Hall–Kier alpha value is -4.65. The van der Waals surface area contributed by atoms with Gasteiger partial charge in [0, 0.05) is 29.6 Å². The Morgan fingerprint density at radius 3 is 2.50 bits per heavy atom. The number of aromatic nitrogens is 2. The third-order valence-corrected chi connectivity index (χ3v) is 5.63. The molecular formula is C29H28N4O3. The molecule has 0 aliphatic carbocycles. The van der Waals surface area contributed by atoms with E-state index in [-0.39, 0.29) is 24.9 Å². The first kappa shape index (κ1) is 24.5. The van der Waals surface area contributed by atoms with Crippen LogP contribution in [0.3, 0.4) is 0 Å². The third kappa shape index (κ3) is 5.70. The molecule has 0 bridgehead atoms. The van der Waals surface area contributed by atoms with Gasteiger partial charge in [-0.2, -0.15) is 0 Å². The number of nitrogens with one attached hydrogen (secondary N) is 1. The fourth-order valence-corrected chi connectivity index (χ4v) is 3.77. The SMILES string of the molecule is C=CCN(CC(=O)Nc1nc(-c2ccccc2)cn1-c1ccc(C)cc1)C(=O)c1cccc(OC)c1. The van der Waals surface area contributed by atoms with E-state index in [4.69, 9.17) is 4.74 Å². The summed E-state index contributed by atoms with van der Waals surface area (Å²) in [5.74, 6) is 0.273. The number of carbonyl (C=O) groups is 2. The van der Waals surface area contributed by atoms with E-state index >= 15 is 0 Å². The first-order chi connectivity index (χ1) is 17.5. The summed E-state index contributed by atoms with van der Waals surface area (Å²) in [5, 5.41) is 2.89. The zero-order valence-corrected chi connectivity index (χ0v) is 20.3. The van der Waals surface area contributed by atoms with E-state index in [1.165, 1.54) is 4.90 Å². The molecule has 4 rings (SSSR count). The molecule has 0 fully saturated rings. The van der Waals surface area contributed by atoms with Gasteiger partial charge in [0.15, 0.2) is 0 Å². The highest BCUT2D eigenvalue weighted by Crippen LogP contribution is 2.24. The zero-order valence-electron chi connectivity index (χ0n) is 20.3. The average Bonchev–Trinajstić information content (AvgIpc) is 3.32. The highest BCUT2D eigenvalue weighted by atomic mass is 16.5. The lowest BCUT2D eigenvalue weighted by molar-refractivity contribution is -0.116. The average molecular weight is 481 g/mol. The van der Waals surface area contributed by atoms with Crippen LogP contribution in [-0.2, 0) is 4.79 Å². The van der Waals surface area contributed by atoms with E-state index in [9.17, 15) is 9.59 Å². The number of methoxy groups -OCH3 is 1. The van der Waals surface area contributed by atoms with Gasteiger partial charge in [-0.15, -0.1) is 6.58 Å². The topological polar surface area (TPSA) is 76.5 Å². The van der Waals surface area contributed by atoms with Crippen molar-refractivity contribution in [2.24, 2.45) is 0 Å². The Labute approximate surface area is 210 Å². The molecule has 2 amide bonds. The van der Waals surface area contributed by atoms with Crippen LogP contribution in [-0.4, -0.2) is 46.5 Å². The van der Waals surface area contributed by atoms with Crippen molar-refractivity contribution in [3.05, 3.63) is 109 Å². The van der Waals surface area contributed by atoms with Crippen molar-refractivity contribution < 1.29 is 14.3 Å². The fraction of sp³-hybridized carbons (Fsp3) is 0.138. The molecule has 0 atom stereocenters. The molecule has 7 heteroatoms. The van der Waals surface area contributed by atoms with Crippen LogP contribution in [0.25, 0.3) is 16.9 Å². The first-order valence-electron chi connectivity index (χ1n) is 11.5. The Balaban J connectivity index is 1.60. The summed E-state index contributed by atoms with van der Waals surface area (Å²) in [6.07, 6.45) is 3.48. The Morgan fingerprint density at radius 2 is 1.81 bits per heavy atom. The second kappa shape index (κ2) is 11.2. The van der Waals surface area contributed by atoms with E-state index in [2.05, 4.69) is 16.9 Å². The van der Waals surface area contributed by atoms with Crippen molar-refractivity contribution >= 4 is 17.8 Å². The van der Waals surface area contributed by atoms with Crippen LogP contribution >= 0.6 is 0 Å². The zero-order chi connectivity index (χ0) is 25.5. The summed E-state index contributed by atoms with van der Waals surface area (Å²) in [6.45, 7) is 5.80. The second-order valence-electron chi connectivity index (χ2n) is 8.28. The van der Waals surface area contributed by atoms with Crippen molar-refractivity contribution in [3.8, 4) is 22.7 Å². The van der Waals surface area contributed by atoms with Crippen LogP contribution in [0.1, 0.15) is 15.9 Å². The number of hydrogen-bond acceptors (Lipinski definition) is 4. The summed E-state index contributed by atoms with van der Waals surface area (Å²) in [4.78, 5) is 32.4. The summed E-state index contributed by atoms with van der Waals surface area (Å²) in [6, 6.07) is 24.5. The number of amides is 2. The van der Waals surface area contributed by atoms with Gasteiger partial charge in [0.2, 0.25) is 11.9 Å². The normalized spacial score (nSPS) is 10.5. The molecule has 4 aromatic rings. The standard InChI is InChI=1S/C29H28N4O3/c1-4-17-32(28(35)23-11-8-12-25(18-23)36-3)20-27(34)31-29-30-26(22-9-6-5-7-10-22)19-33(29)24-15-13-21(2)14-16-24/h4-16,18-19H,1,17,20H2,2-3H3,(H,30,31,34). The fourth-order valence-electron chi connectivity index (χ4n) is 3.77. The number of aryl methyl sites for hydroxylation is 1. The molecule has 0 unspecified atom stereocenters. The predicted molar refractivity (Wildman–Crippen MR) is 141 cm³/mol. The number of imidazole rings is 1. The van der Waals surface area contributed by atoms with E-state index in [1.807, 2.05) is 72.3 Å². The molecule has 0 spiro atoms. The van der Waals surface area contributed by atoms with Gasteiger partial charge >= 0.3 is 0 Å². The lowest BCUT2D eigenvalue weighted by Crippen LogP contribution is -2.38. The number of ether oxygens (including phenoxy) is 1. The second-order valence-corrected chi connectivity index (χ2v) is 8.28. The maximum Gasteiger partial charge on any atom is 0.254 e. The van der Waals surface area contributed by atoms with Gasteiger partial charge in [0.25, 0.3) is 5.91 Å². The van der Waals surface area contributed by atoms with Gasteiger partial charge in [-0.3, -0.25) is 19.5 Å². The first-order valence-corrected chi connectivity index (χ1v) is 11.5. The number of hydrogen-bond donors (Lipinski definition) is 1. The largest absolute Gasteiger partial charge is 0.497 e. The highest BCUT2D eigenvalue weighted by Gasteiger charge is 2.20. The highest BCUT2D eigenvalue weighted by molar-refractivity contribution is 5.99. The summed E-state index contributed by atoms with van der Waals surface area (Å²) in [7, 11) is 1.54. The lowest BCUT2D eigenvalue weighted by Gasteiger charge is -2.21. The van der Waals surface area contributed by atoms with Crippen LogP contribution in [0.2, 0.25) is 0 Å². The molecule has 1 N–H and O–H groups in total. The predicted octanol–water partition coefficient (Wildman–Crippen LogP) is 5.12. The number of carbonyl (C=O) groups excluding carboxylic acids is 2. The van der Waals surface area contributed by atoms with Crippen molar-refractivity contribution in [1.82, 2.24) is 14.5 Å². The molecule has 1 heterocycles. The van der Waals surface area contributed by atoms with Crippen LogP contribution < -0.4 is 10.1 Å². The Bertz CT molecular complexity index is 1360. The smallest absolute Gasteiger partial charge is 0.254 e. The molecule has 0 saturated heterocycles. The maximum absolute atomic E-state index is 13.1. The molecule has 7 nitrogen and oxygen atoms in total. The number of nitrogens with zero attached hydrogens (tertiary/aromatic N) is 3. The molecule has 36 heavy (non-hydrogen) atoms. The Morgan fingerprint density at radius 1 is 1.06 bits per heavy atom. The van der Waals surface area contributed by atoms with Gasteiger partial charge in [-0.05, 0) is 37.3 Å². The van der Waals surface area contributed by atoms with E-state index in [0.717, 1.165) is 22.5 Å². The van der Waals surface area contributed by atoms with Gasteiger partial charge in [0.05, 0.1) is 12.8 Å². The van der Waals surface area contributed by atoms with Crippen LogP contribution in [0.15, 0.2) is 97.7 Å². The van der Waals surface area contributed by atoms with Crippen LogP contribution in [0, 0.1) is 6.92 Å². The van der Waals surface area contributed by atoms with E-state index < -0.39 is 0 Å². The molecule has 0 aliphatic heterocycles. The molecular weight excluding hydrogens is 452 g/mol. The van der Waals surface area contributed by atoms with Crippen molar-refractivity contribution in [1.29, 1.82) is 0 Å². The maximum atomic E-state index is 13.1. The van der Waals surface area contributed by atoms with Crippen LogP contribution in [0.4, 0.5) is 5.95 Å². The number of anilines is 1. The lowest BCUT2D eigenvalue weighted by atomic mass is 10.2. The Kier molecular flexibility index (Phi) is 7.60. The molecule has 1 aromatic heterocycles. The quantitative estimate of drug-likeness (QED) is 0.337. The molecule has 182 valence electrons. The van der Waals surface area contributed by atoms with Crippen molar-refractivity contribution in [3.63, 3.8) is 0 Å². The molecule has 3 aromatic carbocycles.